The van der Waals surface area contributed by atoms with Crippen LogP contribution in [0.15, 0.2) is 0 Å². The second-order valence-electron chi connectivity index (χ2n) is 7.88. The van der Waals surface area contributed by atoms with Crippen LogP contribution in [-0.2, 0) is 9.53 Å². The third kappa shape index (κ3) is 5.50. The fraction of sp³-hybridized carbons (Fsp3) is 0.882. The maximum absolute atomic E-state index is 12.2. The smallest absolute Gasteiger partial charge is 0.410 e. The van der Waals surface area contributed by atoms with Crippen LogP contribution < -0.4 is 0 Å². The van der Waals surface area contributed by atoms with Gasteiger partial charge in [0.2, 0.25) is 0 Å². The Morgan fingerprint density at radius 3 is 2.45 bits per heavy atom. The van der Waals surface area contributed by atoms with Crippen LogP contribution in [0.1, 0.15) is 66.7 Å². The summed E-state index contributed by atoms with van der Waals surface area (Å²) < 4.78 is 5.39. The largest absolute Gasteiger partial charge is 0.481 e. The van der Waals surface area contributed by atoms with Gasteiger partial charge < -0.3 is 14.7 Å². The van der Waals surface area contributed by atoms with Gasteiger partial charge in [-0.15, -0.1) is 0 Å². The predicted molar refractivity (Wildman–Crippen MR) is 85.8 cm³/mol. The number of carboxylic acid groups (broad SMARTS) is 1. The Labute approximate surface area is 134 Å². The number of carbonyl (C=O) groups excluding carboxylic acids is 1. The van der Waals surface area contributed by atoms with Crippen molar-refractivity contribution in [2.45, 2.75) is 72.3 Å². The van der Waals surface area contributed by atoms with Gasteiger partial charge in [0, 0.05) is 13.1 Å². The van der Waals surface area contributed by atoms with Gasteiger partial charge in [0.25, 0.3) is 0 Å². The zero-order chi connectivity index (χ0) is 17.0. The summed E-state index contributed by atoms with van der Waals surface area (Å²) in [5, 5.41) is 9.71. The molecule has 1 saturated heterocycles. The summed E-state index contributed by atoms with van der Waals surface area (Å²) in [6.45, 7) is 10.6. The molecular weight excluding hydrogens is 282 g/mol. The lowest BCUT2D eigenvalue weighted by Gasteiger charge is -2.40. The molecule has 1 unspecified atom stereocenters. The summed E-state index contributed by atoms with van der Waals surface area (Å²) >= 11 is 0. The number of aliphatic carboxylic acids is 1. The first-order valence-electron chi connectivity index (χ1n) is 8.27. The average Bonchev–Trinajstić information content (AvgIpc) is 2.36. The van der Waals surface area contributed by atoms with Crippen molar-refractivity contribution < 1.29 is 19.4 Å². The van der Waals surface area contributed by atoms with E-state index >= 15 is 0 Å². The molecule has 128 valence electrons. The SMILES string of the molecule is CC(C)CCCC1(C(=O)O)CCCN(C(=O)OC(C)(C)C)C1. The second kappa shape index (κ2) is 7.34. The maximum atomic E-state index is 12.2. The number of rotatable bonds is 5. The van der Waals surface area contributed by atoms with Crippen LogP contribution in [0.3, 0.4) is 0 Å². The van der Waals surface area contributed by atoms with E-state index in [4.69, 9.17) is 4.74 Å². The highest BCUT2D eigenvalue weighted by molar-refractivity contribution is 5.77. The molecule has 5 nitrogen and oxygen atoms in total. The minimum atomic E-state index is -0.815. The monoisotopic (exact) mass is 313 g/mol. The Hall–Kier alpha value is -1.26. The molecule has 5 heteroatoms. The quantitative estimate of drug-likeness (QED) is 0.835. The van der Waals surface area contributed by atoms with Crippen molar-refractivity contribution in [3.63, 3.8) is 0 Å². The Morgan fingerprint density at radius 2 is 1.95 bits per heavy atom. The number of nitrogens with zero attached hydrogens (tertiary/aromatic N) is 1. The molecule has 0 aliphatic carbocycles. The molecule has 0 aromatic rings. The van der Waals surface area contributed by atoms with Gasteiger partial charge in [-0.05, 0) is 46.0 Å². The van der Waals surface area contributed by atoms with Crippen LogP contribution in [0.4, 0.5) is 4.79 Å². The van der Waals surface area contributed by atoms with Crippen LogP contribution >= 0.6 is 0 Å². The first-order chi connectivity index (χ1) is 10.1. The molecule has 1 N–H and O–H groups in total. The van der Waals surface area contributed by atoms with Gasteiger partial charge in [0.15, 0.2) is 0 Å². The summed E-state index contributed by atoms with van der Waals surface area (Å²) in [7, 11) is 0. The number of likely N-dealkylation sites (tertiary alicyclic amines) is 1. The van der Waals surface area contributed by atoms with Crippen molar-refractivity contribution in [1.29, 1.82) is 0 Å². The van der Waals surface area contributed by atoms with E-state index in [2.05, 4.69) is 13.8 Å². The van der Waals surface area contributed by atoms with Crippen molar-refractivity contribution in [3.05, 3.63) is 0 Å². The first-order valence-corrected chi connectivity index (χ1v) is 8.27. The number of carbonyl (C=O) groups is 2. The number of hydrogen-bond donors (Lipinski definition) is 1. The molecule has 1 aliphatic heterocycles. The molecule has 1 heterocycles. The Morgan fingerprint density at radius 1 is 1.32 bits per heavy atom. The molecule has 1 aliphatic rings. The van der Waals surface area contributed by atoms with Crippen molar-refractivity contribution in [1.82, 2.24) is 4.90 Å². The third-order valence-corrected chi connectivity index (χ3v) is 4.12. The van der Waals surface area contributed by atoms with Gasteiger partial charge in [-0.2, -0.15) is 0 Å². The summed E-state index contributed by atoms with van der Waals surface area (Å²) in [6.07, 6.45) is 3.47. The molecule has 0 spiro atoms. The molecule has 1 atom stereocenters. The van der Waals surface area contributed by atoms with E-state index in [1.165, 1.54) is 0 Å². The van der Waals surface area contributed by atoms with Gasteiger partial charge in [-0.1, -0.05) is 26.7 Å². The second-order valence-corrected chi connectivity index (χ2v) is 7.88. The zero-order valence-electron chi connectivity index (χ0n) is 14.6. The molecule has 0 bridgehead atoms. The fourth-order valence-electron chi connectivity index (χ4n) is 2.95. The van der Waals surface area contributed by atoms with Gasteiger partial charge >= 0.3 is 12.1 Å². The molecule has 0 radical (unpaired) electrons. The molecular formula is C17H31NO4. The highest BCUT2D eigenvalue weighted by Gasteiger charge is 2.43. The Bertz CT molecular complexity index is 400. The minimum absolute atomic E-state index is 0.259. The molecule has 0 saturated carbocycles. The van der Waals surface area contributed by atoms with Crippen molar-refractivity contribution in [2.75, 3.05) is 13.1 Å². The lowest BCUT2D eigenvalue weighted by Crippen LogP contribution is -2.51. The van der Waals surface area contributed by atoms with E-state index < -0.39 is 23.1 Å². The van der Waals surface area contributed by atoms with E-state index in [0.29, 0.717) is 31.7 Å². The van der Waals surface area contributed by atoms with Gasteiger partial charge in [0.1, 0.15) is 5.60 Å². The minimum Gasteiger partial charge on any atom is -0.481 e. The van der Waals surface area contributed by atoms with Crippen molar-refractivity contribution >= 4 is 12.1 Å². The normalized spacial score (nSPS) is 22.7. The molecule has 0 aromatic carbocycles. The molecule has 1 fully saturated rings. The van der Waals surface area contributed by atoms with E-state index in [1.54, 1.807) is 4.90 Å². The van der Waals surface area contributed by atoms with Gasteiger partial charge in [-0.25, -0.2) is 4.79 Å². The maximum Gasteiger partial charge on any atom is 0.410 e. The van der Waals surface area contributed by atoms with Crippen LogP contribution in [-0.4, -0.2) is 40.8 Å². The first kappa shape index (κ1) is 18.8. The van der Waals surface area contributed by atoms with E-state index in [0.717, 1.165) is 12.8 Å². The summed E-state index contributed by atoms with van der Waals surface area (Å²) in [5.74, 6) is -0.221. The van der Waals surface area contributed by atoms with Crippen LogP contribution in [0.2, 0.25) is 0 Å². The Kier molecular flexibility index (Phi) is 6.27. The summed E-state index contributed by atoms with van der Waals surface area (Å²) in [4.78, 5) is 25.6. The number of piperidine rings is 1. The molecule has 22 heavy (non-hydrogen) atoms. The number of hydrogen-bond acceptors (Lipinski definition) is 3. The number of carboxylic acids is 1. The Balaban J connectivity index is 2.74. The lowest BCUT2D eigenvalue weighted by atomic mass is 9.75. The van der Waals surface area contributed by atoms with Crippen molar-refractivity contribution in [3.8, 4) is 0 Å². The lowest BCUT2D eigenvalue weighted by molar-refractivity contribution is -0.153. The fourth-order valence-corrected chi connectivity index (χ4v) is 2.95. The molecule has 0 aromatic heterocycles. The van der Waals surface area contributed by atoms with Gasteiger partial charge in [-0.3, -0.25) is 4.79 Å². The molecule has 1 amide bonds. The number of amides is 1. The van der Waals surface area contributed by atoms with Gasteiger partial charge in [0.05, 0.1) is 5.41 Å². The highest BCUT2D eigenvalue weighted by atomic mass is 16.6. The van der Waals surface area contributed by atoms with Crippen LogP contribution in [0.5, 0.6) is 0 Å². The number of ether oxygens (including phenoxy) is 1. The molecule has 1 rings (SSSR count). The standard InChI is InChI=1S/C17H31NO4/c1-13(2)8-6-9-17(14(19)20)10-7-11-18(12-17)15(21)22-16(3,4)5/h13H,6-12H2,1-5H3,(H,19,20). The van der Waals surface area contributed by atoms with Crippen molar-refractivity contribution in [2.24, 2.45) is 11.3 Å². The zero-order valence-corrected chi connectivity index (χ0v) is 14.6. The highest BCUT2D eigenvalue weighted by Crippen LogP contribution is 2.36. The summed E-state index contributed by atoms with van der Waals surface area (Å²) in [5.41, 5.74) is -1.37. The topological polar surface area (TPSA) is 66.8 Å². The van der Waals surface area contributed by atoms with Crippen LogP contribution in [0, 0.1) is 11.3 Å². The third-order valence-electron chi connectivity index (χ3n) is 4.12. The van der Waals surface area contributed by atoms with E-state index in [1.807, 2.05) is 20.8 Å². The van der Waals surface area contributed by atoms with E-state index in [9.17, 15) is 14.7 Å². The van der Waals surface area contributed by atoms with Crippen LogP contribution in [0.25, 0.3) is 0 Å². The summed E-state index contributed by atoms with van der Waals surface area (Å²) in [6, 6.07) is 0. The predicted octanol–water partition coefficient (Wildman–Crippen LogP) is 3.91. The average molecular weight is 313 g/mol. The van der Waals surface area contributed by atoms with E-state index in [-0.39, 0.29) is 6.54 Å².